The van der Waals surface area contributed by atoms with Crippen molar-refractivity contribution in [3.05, 3.63) is 24.0 Å². The third-order valence-corrected chi connectivity index (χ3v) is 3.59. The molecular formula is C14H19N3O4. The highest BCUT2D eigenvalue weighted by Gasteiger charge is 2.26. The number of nitrogens with zero attached hydrogens (tertiary/aromatic N) is 2. The molecule has 7 heteroatoms. The molecule has 1 aromatic rings. The van der Waals surface area contributed by atoms with E-state index in [1.54, 1.807) is 4.90 Å². The van der Waals surface area contributed by atoms with E-state index < -0.39 is 5.97 Å². The molecule has 7 nitrogen and oxygen atoms in total. The number of carboxylic acid groups (broad SMARTS) is 1. The van der Waals surface area contributed by atoms with Crippen LogP contribution in [0.2, 0.25) is 0 Å². The lowest BCUT2D eigenvalue weighted by Gasteiger charge is -2.35. The van der Waals surface area contributed by atoms with Gasteiger partial charge in [0.1, 0.15) is 0 Å². The summed E-state index contributed by atoms with van der Waals surface area (Å²) in [6, 6.07) is 1.12. The van der Waals surface area contributed by atoms with Crippen molar-refractivity contribution in [2.45, 2.75) is 31.7 Å². The van der Waals surface area contributed by atoms with Crippen LogP contribution < -0.4 is 5.32 Å². The molecule has 0 aromatic carbocycles. The number of carbonyl (C=O) groups is 2. The molecular weight excluding hydrogens is 274 g/mol. The van der Waals surface area contributed by atoms with Crippen molar-refractivity contribution in [1.82, 2.24) is 9.88 Å². The smallest absolute Gasteiger partial charge is 0.337 e. The van der Waals surface area contributed by atoms with Gasteiger partial charge in [0.2, 0.25) is 0 Å². The molecule has 2 rings (SSSR count). The molecule has 2 amide bonds. The number of carbonyl (C=O) groups excluding carboxylic acids is 1. The van der Waals surface area contributed by atoms with E-state index >= 15 is 0 Å². The number of hydrogen-bond donors (Lipinski definition) is 3. The van der Waals surface area contributed by atoms with E-state index in [2.05, 4.69) is 10.3 Å². The van der Waals surface area contributed by atoms with Gasteiger partial charge in [-0.05, 0) is 31.7 Å². The summed E-state index contributed by atoms with van der Waals surface area (Å²) in [5.41, 5.74) is 0.381. The highest BCUT2D eigenvalue weighted by molar-refractivity contribution is 5.92. The molecule has 0 spiro atoms. The minimum Gasteiger partial charge on any atom is -0.478 e. The normalized spacial score (nSPS) is 18.3. The Morgan fingerprint density at radius 2 is 2.19 bits per heavy atom. The maximum atomic E-state index is 12.3. The van der Waals surface area contributed by atoms with Gasteiger partial charge < -0.3 is 20.4 Å². The fourth-order valence-electron chi connectivity index (χ4n) is 2.54. The molecule has 0 saturated carbocycles. The first-order valence-electron chi connectivity index (χ1n) is 6.98. The Labute approximate surface area is 122 Å². The number of anilines is 1. The molecule has 2 heterocycles. The Bertz CT molecular complexity index is 519. The molecule has 1 aromatic heterocycles. The lowest BCUT2D eigenvalue weighted by molar-refractivity contribution is 0.0696. The lowest BCUT2D eigenvalue weighted by Crippen LogP contribution is -2.46. The van der Waals surface area contributed by atoms with Crippen molar-refractivity contribution in [3.8, 4) is 0 Å². The van der Waals surface area contributed by atoms with Crippen molar-refractivity contribution in [2.24, 2.45) is 0 Å². The maximum Gasteiger partial charge on any atom is 0.337 e. The number of pyridine rings is 1. The Morgan fingerprint density at radius 1 is 1.38 bits per heavy atom. The van der Waals surface area contributed by atoms with Gasteiger partial charge in [-0.1, -0.05) is 0 Å². The van der Waals surface area contributed by atoms with E-state index in [-0.39, 0.29) is 24.2 Å². The number of aromatic carboxylic acids is 1. The number of rotatable bonds is 4. The van der Waals surface area contributed by atoms with Crippen LogP contribution in [-0.4, -0.2) is 51.3 Å². The van der Waals surface area contributed by atoms with Crippen LogP contribution in [-0.2, 0) is 0 Å². The molecule has 0 bridgehead atoms. The molecule has 0 aliphatic carbocycles. The summed E-state index contributed by atoms with van der Waals surface area (Å²) in [5.74, 6) is -1.09. The van der Waals surface area contributed by atoms with Gasteiger partial charge in [-0.3, -0.25) is 4.98 Å². The van der Waals surface area contributed by atoms with Gasteiger partial charge in [-0.2, -0.15) is 0 Å². The van der Waals surface area contributed by atoms with Gasteiger partial charge in [0.15, 0.2) is 0 Å². The summed E-state index contributed by atoms with van der Waals surface area (Å²) in [5, 5.41) is 20.7. The molecule has 114 valence electrons. The van der Waals surface area contributed by atoms with Crippen LogP contribution in [0.15, 0.2) is 18.5 Å². The predicted molar refractivity (Wildman–Crippen MR) is 76.3 cm³/mol. The highest BCUT2D eigenvalue weighted by atomic mass is 16.4. The summed E-state index contributed by atoms with van der Waals surface area (Å²) < 4.78 is 0. The van der Waals surface area contributed by atoms with Crippen LogP contribution in [0.3, 0.4) is 0 Å². The van der Waals surface area contributed by atoms with Crippen molar-refractivity contribution in [2.75, 3.05) is 18.5 Å². The summed E-state index contributed by atoms with van der Waals surface area (Å²) in [7, 11) is 0. The van der Waals surface area contributed by atoms with Gasteiger partial charge >= 0.3 is 12.0 Å². The fourth-order valence-corrected chi connectivity index (χ4v) is 2.54. The minimum atomic E-state index is -1.09. The number of urea groups is 1. The van der Waals surface area contributed by atoms with Crippen LogP contribution in [0.4, 0.5) is 10.5 Å². The molecule has 1 unspecified atom stereocenters. The quantitative estimate of drug-likeness (QED) is 0.781. The van der Waals surface area contributed by atoms with E-state index in [0.717, 1.165) is 19.3 Å². The molecule has 0 radical (unpaired) electrons. The molecule has 1 fully saturated rings. The van der Waals surface area contributed by atoms with Crippen molar-refractivity contribution in [3.63, 3.8) is 0 Å². The summed E-state index contributed by atoms with van der Waals surface area (Å²) in [6.07, 6.45) is 6.05. The molecule has 1 atom stereocenters. The third kappa shape index (κ3) is 3.91. The van der Waals surface area contributed by atoms with E-state index in [9.17, 15) is 9.59 Å². The first-order chi connectivity index (χ1) is 10.1. The monoisotopic (exact) mass is 293 g/mol. The Balaban J connectivity index is 2.05. The van der Waals surface area contributed by atoms with Crippen molar-refractivity contribution >= 4 is 17.7 Å². The van der Waals surface area contributed by atoms with Gasteiger partial charge in [-0.25, -0.2) is 9.59 Å². The van der Waals surface area contributed by atoms with Crippen LogP contribution >= 0.6 is 0 Å². The number of piperidine rings is 1. The number of aliphatic hydroxyl groups is 1. The Morgan fingerprint density at radius 3 is 2.90 bits per heavy atom. The van der Waals surface area contributed by atoms with Crippen molar-refractivity contribution < 1.29 is 19.8 Å². The number of likely N-dealkylation sites (tertiary alicyclic amines) is 1. The van der Waals surface area contributed by atoms with Gasteiger partial charge in [0, 0.05) is 25.4 Å². The second-order valence-corrected chi connectivity index (χ2v) is 5.05. The van der Waals surface area contributed by atoms with E-state index in [4.69, 9.17) is 10.2 Å². The number of carboxylic acids is 1. The van der Waals surface area contributed by atoms with E-state index in [0.29, 0.717) is 18.7 Å². The topological polar surface area (TPSA) is 103 Å². The average Bonchev–Trinajstić information content (AvgIpc) is 2.48. The summed E-state index contributed by atoms with van der Waals surface area (Å²) in [6.45, 7) is 0.688. The van der Waals surface area contributed by atoms with Crippen LogP contribution in [0, 0.1) is 0 Å². The number of nitrogens with one attached hydrogen (secondary N) is 1. The standard InChI is InChI=1S/C14H19N3O4/c18-6-4-12-3-1-2-5-17(12)14(21)16-11-7-10(13(19)20)8-15-9-11/h7-9,12,18H,1-6H2,(H,16,21)(H,19,20). The second kappa shape index (κ2) is 7.03. The van der Waals surface area contributed by atoms with Crippen LogP contribution in [0.5, 0.6) is 0 Å². The summed E-state index contributed by atoms with van der Waals surface area (Å²) >= 11 is 0. The highest BCUT2D eigenvalue weighted by Crippen LogP contribution is 2.20. The van der Waals surface area contributed by atoms with E-state index in [1.807, 2.05) is 0 Å². The number of aromatic nitrogens is 1. The fraction of sp³-hybridized carbons (Fsp3) is 0.500. The second-order valence-electron chi connectivity index (χ2n) is 5.05. The first-order valence-corrected chi connectivity index (χ1v) is 6.98. The zero-order valence-electron chi connectivity index (χ0n) is 11.7. The minimum absolute atomic E-state index is 0.0263. The van der Waals surface area contributed by atoms with Gasteiger partial charge in [0.05, 0.1) is 17.4 Å². The Hall–Kier alpha value is -2.15. The number of aliphatic hydroxyl groups excluding tert-OH is 1. The third-order valence-electron chi connectivity index (χ3n) is 3.59. The van der Waals surface area contributed by atoms with Crippen molar-refractivity contribution in [1.29, 1.82) is 0 Å². The SMILES string of the molecule is O=C(O)c1cncc(NC(=O)N2CCCCC2CCO)c1. The first kappa shape index (κ1) is 15.2. The molecule has 21 heavy (non-hydrogen) atoms. The molecule has 1 aliphatic rings. The molecule has 1 aliphatic heterocycles. The predicted octanol–water partition coefficient (Wildman–Crippen LogP) is 1.55. The van der Waals surface area contributed by atoms with Gasteiger partial charge in [0.25, 0.3) is 0 Å². The van der Waals surface area contributed by atoms with Crippen LogP contribution in [0.1, 0.15) is 36.0 Å². The van der Waals surface area contributed by atoms with Crippen LogP contribution in [0.25, 0.3) is 0 Å². The lowest BCUT2D eigenvalue weighted by atomic mass is 10.0. The summed E-state index contributed by atoms with van der Waals surface area (Å²) in [4.78, 5) is 28.7. The maximum absolute atomic E-state index is 12.3. The largest absolute Gasteiger partial charge is 0.478 e. The van der Waals surface area contributed by atoms with Gasteiger partial charge in [-0.15, -0.1) is 0 Å². The molecule has 1 saturated heterocycles. The molecule has 3 N–H and O–H groups in total. The zero-order valence-corrected chi connectivity index (χ0v) is 11.7. The average molecular weight is 293 g/mol. The zero-order chi connectivity index (χ0) is 15.2. The Kier molecular flexibility index (Phi) is 5.10. The number of hydrogen-bond acceptors (Lipinski definition) is 4. The van der Waals surface area contributed by atoms with E-state index in [1.165, 1.54) is 18.5 Å². The number of amides is 2.